The van der Waals surface area contributed by atoms with Crippen molar-refractivity contribution in [2.24, 2.45) is 5.92 Å². The van der Waals surface area contributed by atoms with Crippen molar-refractivity contribution in [3.8, 4) is 0 Å². The van der Waals surface area contributed by atoms with Crippen LogP contribution in [0.25, 0.3) is 0 Å². The van der Waals surface area contributed by atoms with Crippen LogP contribution in [0.2, 0.25) is 0 Å². The Labute approximate surface area is 204 Å². The molecular formula is C27H33N3O3S. The average molecular weight is 480 g/mol. The molecule has 7 heteroatoms. The fourth-order valence-electron chi connectivity index (χ4n) is 4.68. The number of carbonyl (C=O) groups excluding carboxylic acids is 1. The molecule has 0 amide bonds. The molecule has 1 aromatic heterocycles. The number of aryl methyl sites for hydroxylation is 1. The highest BCUT2D eigenvalue weighted by Gasteiger charge is 2.24. The zero-order valence-corrected chi connectivity index (χ0v) is 20.4. The highest BCUT2D eigenvalue weighted by Crippen LogP contribution is 2.29. The molecule has 1 aliphatic rings. The van der Waals surface area contributed by atoms with Gasteiger partial charge in [0, 0.05) is 17.3 Å². The summed E-state index contributed by atoms with van der Waals surface area (Å²) in [4.78, 5) is 12.5. The first kappa shape index (κ1) is 24.3. The molecule has 1 atom stereocenters. The molecule has 34 heavy (non-hydrogen) atoms. The van der Waals surface area contributed by atoms with Gasteiger partial charge in [0.2, 0.25) is 0 Å². The maximum atomic E-state index is 13.2. The number of ether oxygens (including phenoxy) is 1. The van der Waals surface area contributed by atoms with Crippen molar-refractivity contribution in [1.29, 1.82) is 0 Å². The smallest absolute Gasteiger partial charge is 0.318 e. The quantitative estimate of drug-likeness (QED) is 0.353. The van der Waals surface area contributed by atoms with Crippen LogP contribution >= 0.6 is 0 Å². The fourth-order valence-corrected chi connectivity index (χ4v) is 6.08. The third-order valence-corrected chi connectivity index (χ3v) is 8.01. The Kier molecular flexibility index (Phi) is 9.02. The number of carbonyl (C=O) groups is 1. The van der Waals surface area contributed by atoms with Crippen LogP contribution in [0, 0.1) is 5.92 Å². The summed E-state index contributed by atoms with van der Waals surface area (Å²) in [6.07, 6.45) is 11.0. The summed E-state index contributed by atoms with van der Waals surface area (Å²) in [5.41, 5.74) is 2.44. The van der Waals surface area contributed by atoms with Crippen molar-refractivity contribution >= 4 is 16.8 Å². The Bertz CT molecular complexity index is 1010. The van der Waals surface area contributed by atoms with Gasteiger partial charge in [0.1, 0.15) is 18.1 Å². The van der Waals surface area contributed by atoms with E-state index in [-0.39, 0.29) is 17.6 Å². The molecular weight excluding hydrogens is 446 g/mol. The van der Waals surface area contributed by atoms with E-state index >= 15 is 0 Å². The van der Waals surface area contributed by atoms with Crippen molar-refractivity contribution in [2.45, 2.75) is 63.3 Å². The molecule has 180 valence electrons. The molecule has 0 N–H and O–H groups in total. The monoisotopic (exact) mass is 479 g/mol. The maximum Gasteiger partial charge on any atom is 0.318 e. The minimum absolute atomic E-state index is 0.0417. The van der Waals surface area contributed by atoms with Crippen LogP contribution in [-0.4, -0.2) is 30.9 Å². The fraction of sp³-hybridized carbons (Fsp3) is 0.444. The summed E-state index contributed by atoms with van der Waals surface area (Å²) < 4.78 is 20.4. The molecule has 6 nitrogen and oxygen atoms in total. The van der Waals surface area contributed by atoms with Crippen LogP contribution in [0.15, 0.2) is 66.9 Å². The van der Waals surface area contributed by atoms with E-state index < -0.39 is 16.8 Å². The number of hydrogen-bond donors (Lipinski definition) is 0. The highest BCUT2D eigenvalue weighted by atomic mass is 32.2. The lowest BCUT2D eigenvalue weighted by Crippen LogP contribution is -2.19. The number of benzene rings is 2. The van der Waals surface area contributed by atoms with E-state index in [0.29, 0.717) is 5.69 Å². The Hall–Kier alpha value is -2.80. The van der Waals surface area contributed by atoms with Crippen molar-refractivity contribution in [3.63, 3.8) is 0 Å². The number of aromatic nitrogens is 3. The summed E-state index contributed by atoms with van der Waals surface area (Å²) in [6.45, 7) is 0.872. The van der Waals surface area contributed by atoms with Crippen molar-refractivity contribution in [2.75, 3.05) is 5.75 Å². The molecule has 0 radical (unpaired) electrons. The van der Waals surface area contributed by atoms with Gasteiger partial charge in [0.25, 0.3) is 0 Å². The van der Waals surface area contributed by atoms with Gasteiger partial charge < -0.3 is 4.74 Å². The first-order valence-electron chi connectivity index (χ1n) is 12.2. The lowest BCUT2D eigenvalue weighted by molar-refractivity contribution is -0.141. The number of esters is 1. The Morgan fingerprint density at radius 2 is 1.65 bits per heavy atom. The molecule has 3 aromatic rings. The third kappa shape index (κ3) is 7.10. The Balaban J connectivity index is 1.26. The van der Waals surface area contributed by atoms with Gasteiger partial charge in [-0.25, -0.2) is 0 Å². The topological polar surface area (TPSA) is 74.1 Å². The minimum atomic E-state index is -1.47. The van der Waals surface area contributed by atoms with E-state index in [9.17, 15) is 9.00 Å². The van der Waals surface area contributed by atoms with Gasteiger partial charge in [-0.05, 0) is 29.9 Å². The molecule has 1 fully saturated rings. The SMILES string of the molecule is O=C(CS(=O)C(c1ccccc1)c1ccccc1)OCc1cn(CCCC2CCCCC2)nn1. The van der Waals surface area contributed by atoms with Crippen molar-refractivity contribution in [1.82, 2.24) is 15.0 Å². The second kappa shape index (κ2) is 12.6. The molecule has 0 bridgehead atoms. The molecule has 0 saturated heterocycles. The first-order chi connectivity index (χ1) is 16.7. The maximum absolute atomic E-state index is 13.2. The van der Waals surface area contributed by atoms with Gasteiger partial charge >= 0.3 is 5.97 Å². The molecule has 1 saturated carbocycles. The lowest BCUT2D eigenvalue weighted by atomic mass is 9.86. The second-order valence-corrected chi connectivity index (χ2v) is 10.5. The predicted molar refractivity (Wildman–Crippen MR) is 133 cm³/mol. The van der Waals surface area contributed by atoms with E-state index in [1.54, 1.807) is 0 Å². The Morgan fingerprint density at radius 3 is 2.29 bits per heavy atom. The molecule has 1 unspecified atom stereocenters. The number of hydrogen-bond acceptors (Lipinski definition) is 5. The Morgan fingerprint density at radius 1 is 1.00 bits per heavy atom. The van der Waals surface area contributed by atoms with Gasteiger partial charge in [-0.1, -0.05) is 98.0 Å². The third-order valence-electron chi connectivity index (χ3n) is 6.42. The van der Waals surface area contributed by atoms with E-state index in [2.05, 4.69) is 10.3 Å². The number of nitrogens with zero attached hydrogens (tertiary/aromatic N) is 3. The molecule has 1 aliphatic carbocycles. The standard InChI is InChI=1S/C27H33N3O3S/c31-26(21-34(32)27(23-14-6-2-7-15-23)24-16-8-3-9-17-24)33-20-25-19-30(29-28-25)18-10-13-22-11-4-1-5-12-22/h2-3,6-9,14-17,19,22,27H,1,4-5,10-13,18,20-21H2. The van der Waals surface area contributed by atoms with Gasteiger partial charge in [0.05, 0.1) is 11.4 Å². The summed E-state index contributed by atoms with van der Waals surface area (Å²) in [5.74, 6) is 0.181. The van der Waals surface area contributed by atoms with Gasteiger partial charge in [-0.2, -0.15) is 0 Å². The van der Waals surface area contributed by atoms with Gasteiger partial charge in [-0.3, -0.25) is 13.7 Å². The van der Waals surface area contributed by atoms with Crippen LogP contribution in [0.4, 0.5) is 0 Å². The van der Waals surface area contributed by atoms with Gasteiger partial charge in [0.15, 0.2) is 0 Å². The van der Waals surface area contributed by atoms with E-state index in [1.165, 1.54) is 38.5 Å². The normalized spacial score (nSPS) is 15.3. The van der Waals surface area contributed by atoms with Crippen LogP contribution in [0.5, 0.6) is 0 Å². The zero-order valence-electron chi connectivity index (χ0n) is 19.6. The minimum Gasteiger partial charge on any atom is -0.458 e. The zero-order chi connectivity index (χ0) is 23.6. The molecule has 1 heterocycles. The van der Waals surface area contributed by atoms with E-state index in [0.717, 1.165) is 30.0 Å². The van der Waals surface area contributed by atoms with Crippen molar-refractivity contribution in [3.05, 3.63) is 83.7 Å². The summed E-state index contributed by atoms with van der Waals surface area (Å²) in [7, 11) is -1.47. The highest BCUT2D eigenvalue weighted by molar-refractivity contribution is 7.86. The van der Waals surface area contributed by atoms with Gasteiger partial charge in [-0.15, -0.1) is 5.10 Å². The number of rotatable bonds is 11. The van der Waals surface area contributed by atoms with E-state index in [4.69, 9.17) is 4.74 Å². The second-order valence-electron chi connectivity index (χ2n) is 9.01. The predicted octanol–water partition coefficient (Wildman–Crippen LogP) is 5.22. The molecule has 2 aromatic carbocycles. The first-order valence-corrected chi connectivity index (χ1v) is 13.6. The molecule has 0 spiro atoms. The summed E-state index contributed by atoms with van der Waals surface area (Å²) in [6, 6.07) is 19.3. The molecule has 4 rings (SSSR count). The summed E-state index contributed by atoms with van der Waals surface area (Å²) >= 11 is 0. The average Bonchev–Trinajstić information content (AvgIpc) is 3.33. The van der Waals surface area contributed by atoms with Crippen LogP contribution in [0.1, 0.15) is 67.0 Å². The van der Waals surface area contributed by atoms with Crippen LogP contribution < -0.4 is 0 Å². The van der Waals surface area contributed by atoms with Crippen LogP contribution in [0.3, 0.4) is 0 Å². The summed E-state index contributed by atoms with van der Waals surface area (Å²) in [5, 5.41) is 7.89. The largest absolute Gasteiger partial charge is 0.458 e. The van der Waals surface area contributed by atoms with Crippen molar-refractivity contribution < 1.29 is 13.7 Å². The van der Waals surface area contributed by atoms with E-state index in [1.807, 2.05) is 71.5 Å². The molecule has 0 aliphatic heterocycles. The van der Waals surface area contributed by atoms with Crippen LogP contribution in [-0.2, 0) is 33.5 Å². The lowest BCUT2D eigenvalue weighted by Gasteiger charge is -2.21.